The lowest BCUT2D eigenvalue weighted by Crippen LogP contribution is -2.07. The number of nitriles is 1. The smallest absolute Gasteiger partial charge is 0.341 e. The lowest BCUT2D eigenvalue weighted by atomic mass is 10.0. The summed E-state index contributed by atoms with van der Waals surface area (Å²) in [4.78, 5) is 16.1. The van der Waals surface area contributed by atoms with Gasteiger partial charge in [-0.2, -0.15) is 5.26 Å². The van der Waals surface area contributed by atoms with E-state index >= 15 is 0 Å². The summed E-state index contributed by atoms with van der Waals surface area (Å²) in [7, 11) is 0. The predicted octanol–water partition coefficient (Wildman–Crippen LogP) is 3.76. The maximum absolute atomic E-state index is 11.9. The highest BCUT2D eigenvalue weighted by atomic mass is 35.5. The van der Waals surface area contributed by atoms with E-state index in [2.05, 4.69) is 11.1 Å². The second-order valence-electron chi connectivity index (χ2n) is 4.36. The highest BCUT2D eigenvalue weighted by Crippen LogP contribution is 2.33. The van der Waals surface area contributed by atoms with Crippen molar-refractivity contribution < 1.29 is 9.53 Å². The molecule has 0 spiro atoms. The van der Waals surface area contributed by atoms with Crippen LogP contribution in [0.25, 0.3) is 11.1 Å². The molecule has 0 radical (unpaired) electrons. The number of carbonyl (C=O) groups is 1. The number of benzene rings is 1. The number of esters is 1. The van der Waals surface area contributed by atoms with Crippen LogP contribution >= 0.6 is 11.6 Å². The molecular formula is C16H13ClN2O2. The minimum Gasteiger partial charge on any atom is -0.462 e. The van der Waals surface area contributed by atoms with E-state index in [4.69, 9.17) is 21.6 Å². The van der Waals surface area contributed by atoms with Crippen LogP contribution in [0.5, 0.6) is 0 Å². The molecule has 0 amide bonds. The lowest BCUT2D eigenvalue weighted by Gasteiger charge is -2.11. The summed E-state index contributed by atoms with van der Waals surface area (Å²) in [6, 6.07) is 9.01. The zero-order valence-electron chi connectivity index (χ0n) is 11.7. The monoisotopic (exact) mass is 300 g/mol. The van der Waals surface area contributed by atoms with Crippen molar-refractivity contribution in [1.29, 1.82) is 5.26 Å². The zero-order valence-corrected chi connectivity index (χ0v) is 12.4. The molecule has 2 aromatic rings. The topological polar surface area (TPSA) is 63.0 Å². The van der Waals surface area contributed by atoms with Crippen LogP contribution in [-0.4, -0.2) is 17.6 Å². The molecule has 5 heteroatoms. The quantitative estimate of drug-likeness (QED) is 0.810. The van der Waals surface area contributed by atoms with Crippen molar-refractivity contribution in [2.75, 3.05) is 6.61 Å². The van der Waals surface area contributed by atoms with Crippen LogP contribution in [0.2, 0.25) is 5.02 Å². The number of halogens is 1. The van der Waals surface area contributed by atoms with Gasteiger partial charge in [0.1, 0.15) is 0 Å². The lowest BCUT2D eigenvalue weighted by molar-refractivity contribution is 0.0526. The van der Waals surface area contributed by atoms with Gasteiger partial charge in [-0.3, -0.25) is 4.98 Å². The number of aryl methyl sites for hydroxylation is 1. The normalized spacial score (nSPS) is 10.0. The minimum atomic E-state index is -0.495. The Hall–Kier alpha value is -2.38. The van der Waals surface area contributed by atoms with Crippen molar-refractivity contribution in [3.63, 3.8) is 0 Å². The third-order valence-electron chi connectivity index (χ3n) is 3.00. The Balaban J connectivity index is 2.54. The highest BCUT2D eigenvalue weighted by molar-refractivity contribution is 6.36. The van der Waals surface area contributed by atoms with E-state index in [0.29, 0.717) is 21.8 Å². The van der Waals surface area contributed by atoms with Crippen LogP contribution in [0.4, 0.5) is 0 Å². The molecule has 0 saturated carbocycles. The van der Waals surface area contributed by atoms with Crippen LogP contribution in [0, 0.1) is 18.3 Å². The van der Waals surface area contributed by atoms with Gasteiger partial charge in [0.2, 0.25) is 0 Å². The molecule has 0 aliphatic rings. The summed E-state index contributed by atoms with van der Waals surface area (Å²) in [5.41, 5.74) is 2.98. The highest BCUT2D eigenvalue weighted by Gasteiger charge is 2.18. The summed E-state index contributed by atoms with van der Waals surface area (Å²) in [5.74, 6) is -0.495. The molecule has 1 heterocycles. The first-order valence-electron chi connectivity index (χ1n) is 6.41. The largest absolute Gasteiger partial charge is 0.462 e. The van der Waals surface area contributed by atoms with Crippen LogP contribution in [0.15, 0.2) is 30.5 Å². The fourth-order valence-electron chi connectivity index (χ4n) is 1.97. The molecule has 1 aromatic heterocycles. The van der Waals surface area contributed by atoms with Crippen LogP contribution in [0.3, 0.4) is 0 Å². The predicted molar refractivity (Wildman–Crippen MR) is 80.1 cm³/mol. The molecule has 0 fully saturated rings. The Morgan fingerprint density at radius 3 is 2.62 bits per heavy atom. The van der Waals surface area contributed by atoms with E-state index in [1.54, 1.807) is 31.2 Å². The number of ether oxygens (including phenoxy) is 1. The summed E-state index contributed by atoms with van der Waals surface area (Å²) < 4.78 is 4.97. The Labute approximate surface area is 128 Å². The van der Waals surface area contributed by atoms with Crippen molar-refractivity contribution in [3.05, 3.63) is 52.3 Å². The van der Waals surface area contributed by atoms with Gasteiger partial charge in [0.15, 0.2) is 0 Å². The van der Waals surface area contributed by atoms with Gasteiger partial charge in [0, 0.05) is 17.5 Å². The first-order chi connectivity index (χ1) is 10.1. The van der Waals surface area contributed by atoms with E-state index in [1.165, 1.54) is 6.20 Å². The van der Waals surface area contributed by atoms with E-state index in [-0.39, 0.29) is 12.2 Å². The molecule has 0 N–H and O–H groups in total. The molecule has 21 heavy (non-hydrogen) atoms. The molecule has 0 bridgehead atoms. The number of nitrogens with zero attached hydrogens (tertiary/aromatic N) is 2. The summed E-state index contributed by atoms with van der Waals surface area (Å²) in [6.07, 6.45) is 1.42. The molecule has 0 aliphatic heterocycles. The van der Waals surface area contributed by atoms with Gasteiger partial charge < -0.3 is 4.74 Å². The molecule has 4 nitrogen and oxygen atoms in total. The Kier molecular flexibility index (Phi) is 4.56. The van der Waals surface area contributed by atoms with Crippen molar-refractivity contribution in [2.45, 2.75) is 13.8 Å². The van der Waals surface area contributed by atoms with E-state index in [0.717, 1.165) is 5.56 Å². The SMILES string of the molecule is CCOC(=O)c1cnc(C)c(-c2ccc(C#N)cc2)c1Cl. The van der Waals surface area contributed by atoms with Crippen molar-refractivity contribution in [1.82, 2.24) is 4.98 Å². The van der Waals surface area contributed by atoms with E-state index in [9.17, 15) is 4.79 Å². The fraction of sp³-hybridized carbons (Fsp3) is 0.188. The zero-order chi connectivity index (χ0) is 15.4. The Morgan fingerprint density at radius 2 is 2.05 bits per heavy atom. The van der Waals surface area contributed by atoms with Gasteiger partial charge in [0.25, 0.3) is 0 Å². The first-order valence-corrected chi connectivity index (χ1v) is 6.79. The van der Waals surface area contributed by atoms with Gasteiger partial charge in [-0.05, 0) is 31.5 Å². The summed E-state index contributed by atoms with van der Waals surface area (Å²) in [6.45, 7) is 3.82. The average Bonchev–Trinajstić information content (AvgIpc) is 2.48. The van der Waals surface area contributed by atoms with Crippen LogP contribution < -0.4 is 0 Å². The van der Waals surface area contributed by atoms with Crippen molar-refractivity contribution >= 4 is 17.6 Å². The molecule has 0 aliphatic carbocycles. The molecular weight excluding hydrogens is 288 g/mol. The standard InChI is InChI=1S/C16H13ClN2O2/c1-3-21-16(20)13-9-19-10(2)14(15(13)17)12-6-4-11(8-18)5-7-12/h4-7,9H,3H2,1-2H3. The maximum Gasteiger partial charge on any atom is 0.341 e. The molecule has 106 valence electrons. The van der Waals surface area contributed by atoms with E-state index in [1.807, 2.05) is 6.92 Å². The maximum atomic E-state index is 11.9. The fourth-order valence-corrected chi connectivity index (χ4v) is 2.35. The number of aromatic nitrogens is 1. The number of hydrogen-bond donors (Lipinski definition) is 0. The van der Waals surface area contributed by atoms with Crippen LogP contribution in [-0.2, 0) is 4.74 Å². The molecule has 0 unspecified atom stereocenters. The number of rotatable bonds is 3. The Bertz CT molecular complexity index is 718. The number of carbonyl (C=O) groups excluding carboxylic acids is 1. The third-order valence-corrected chi connectivity index (χ3v) is 3.40. The van der Waals surface area contributed by atoms with Gasteiger partial charge in [-0.15, -0.1) is 0 Å². The summed E-state index contributed by atoms with van der Waals surface area (Å²) in [5, 5.41) is 9.15. The Morgan fingerprint density at radius 1 is 1.38 bits per heavy atom. The van der Waals surface area contributed by atoms with Gasteiger partial charge >= 0.3 is 5.97 Å². The van der Waals surface area contributed by atoms with Gasteiger partial charge in [-0.25, -0.2) is 4.79 Å². The number of pyridine rings is 1. The number of hydrogen-bond acceptors (Lipinski definition) is 4. The van der Waals surface area contributed by atoms with Crippen molar-refractivity contribution in [3.8, 4) is 17.2 Å². The van der Waals surface area contributed by atoms with Crippen LogP contribution in [0.1, 0.15) is 28.5 Å². The van der Waals surface area contributed by atoms with Gasteiger partial charge in [0.05, 0.1) is 28.8 Å². The first kappa shape index (κ1) is 15.0. The second-order valence-corrected chi connectivity index (χ2v) is 4.73. The van der Waals surface area contributed by atoms with E-state index < -0.39 is 5.97 Å². The molecule has 0 saturated heterocycles. The molecule has 2 rings (SSSR count). The summed E-state index contributed by atoms with van der Waals surface area (Å²) >= 11 is 6.35. The average molecular weight is 301 g/mol. The van der Waals surface area contributed by atoms with Crippen molar-refractivity contribution in [2.24, 2.45) is 0 Å². The third kappa shape index (κ3) is 3.04. The minimum absolute atomic E-state index is 0.239. The van der Waals surface area contributed by atoms with Gasteiger partial charge in [-0.1, -0.05) is 23.7 Å². The molecule has 1 aromatic carbocycles. The molecule has 0 atom stereocenters. The second kappa shape index (κ2) is 6.38.